The number of carbonyl (C=O) groups excluding carboxylic acids is 1. The van der Waals surface area contributed by atoms with Crippen molar-refractivity contribution in [3.05, 3.63) is 0 Å². The second-order valence-corrected chi connectivity index (χ2v) is 3.85. The second kappa shape index (κ2) is 4.83. The van der Waals surface area contributed by atoms with E-state index in [4.69, 9.17) is 0 Å². The fourth-order valence-electron chi connectivity index (χ4n) is 0.921. The lowest BCUT2D eigenvalue weighted by Gasteiger charge is -2.28. The van der Waals surface area contributed by atoms with E-state index in [1.54, 1.807) is 0 Å². The predicted molar refractivity (Wildman–Crippen MR) is 47.1 cm³/mol. The number of esters is 1. The van der Waals surface area contributed by atoms with Gasteiger partial charge in [0.1, 0.15) is 0 Å². The Balaban J connectivity index is 4.40. The lowest BCUT2D eigenvalue weighted by molar-refractivity contribution is -0.221. The monoisotopic (exact) mass is 228 g/mol. The molecule has 90 valence electrons. The van der Waals surface area contributed by atoms with Gasteiger partial charge in [-0.15, -0.1) is 0 Å². The molecule has 1 unspecified atom stereocenters. The van der Waals surface area contributed by atoms with Crippen molar-refractivity contribution in [1.29, 1.82) is 0 Å². The van der Waals surface area contributed by atoms with E-state index in [1.165, 1.54) is 6.92 Å². The molecule has 0 fully saturated rings. The van der Waals surface area contributed by atoms with E-state index in [2.05, 4.69) is 4.74 Å². The third-order valence-electron chi connectivity index (χ3n) is 2.03. The molecule has 0 saturated heterocycles. The zero-order valence-corrected chi connectivity index (χ0v) is 8.89. The molecule has 6 heteroatoms. The standard InChI is InChI=1S/C9H15F3O3/c1-4-15-7(14)6(13)5-8(2,3)9(10,11)12/h6,13H,4-5H2,1-3H3. The highest BCUT2D eigenvalue weighted by molar-refractivity contribution is 5.74. The van der Waals surface area contributed by atoms with Crippen LogP contribution in [0.2, 0.25) is 0 Å². The summed E-state index contributed by atoms with van der Waals surface area (Å²) in [6, 6.07) is 0. The van der Waals surface area contributed by atoms with Gasteiger partial charge >= 0.3 is 12.1 Å². The molecule has 0 aliphatic heterocycles. The van der Waals surface area contributed by atoms with Crippen molar-refractivity contribution in [2.75, 3.05) is 6.61 Å². The maximum absolute atomic E-state index is 12.4. The minimum Gasteiger partial charge on any atom is -0.464 e. The summed E-state index contributed by atoms with van der Waals surface area (Å²) in [5.74, 6) is -1.02. The summed E-state index contributed by atoms with van der Waals surface area (Å²) < 4.78 is 41.5. The Kier molecular flexibility index (Phi) is 4.58. The number of carbonyl (C=O) groups is 1. The molecule has 0 radical (unpaired) electrons. The van der Waals surface area contributed by atoms with Gasteiger partial charge in [-0.1, -0.05) is 13.8 Å². The van der Waals surface area contributed by atoms with E-state index in [9.17, 15) is 23.1 Å². The first-order chi connectivity index (χ1) is 6.62. The highest BCUT2D eigenvalue weighted by Gasteiger charge is 2.49. The fraction of sp³-hybridized carbons (Fsp3) is 0.889. The number of halogens is 3. The molecule has 0 aliphatic carbocycles. The summed E-state index contributed by atoms with van der Waals surface area (Å²) in [7, 11) is 0. The van der Waals surface area contributed by atoms with Crippen molar-refractivity contribution >= 4 is 5.97 Å². The smallest absolute Gasteiger partial charge is 0.394 e. The van der Waals surface area contributed by atoms with Gasteiger partial charge in [0.2, 0.25) is 0 Å². The average Bonchev–Trinajstić information content (AvgIpc) is 2.01. The van der Waals surface area contributed by atoms with E-state index in [0.717, 1.165) is 13.8 Å². The van der Waals surface area contributed by atoms with Gasteiger partial charge in [-0.2, -0.15) is 13.2 Å². The van der Waals surface area contributed by atoms with Crippen LogP contribution < -0.4 is 0 Å². The number of aliphatic hydroxyl groups is 1. The molecule has 1 atom stereocenters. The number of rotatable bonds is 4. The summed E-state index contributed by atoms with van der Waals surface area (Å²) in [5, 5.41) is 9.17. The van der Waals surface area contributed by atoms with E-state index in [0.29, 0.717) is 0 Å². The van der Waals surface area contributed by atoms with Crippen LogP contribution in [0.25, 0.3) is 0 Å². The van der Waals surface area contributed by atoms with Gasteiger partial charge in [0.25, 0.3) is 0 Å². The van der Waals surface area contributed by atoms with Crippen LogP contribution in [-0.2, 0) is 9.53 Å². The largest absolute Gasteiger partial charge is 0.464 e. The van der Waals surface area contributed by atoms with E-state index >= 15 is 0 Å². The van der Waals surface area contributed by atoms with Crippen LogP contribution in [0.4, 0.5) is 13.2 Å². The molecular formula is C9H15F3O3. The number of ether oxygens (including phenoxy) is 1. The molecule has 0 aromatic rings. The third-order valence-corrected chi connectivity index (χ3v) is 2.03. The zero-order valence-electron chi connectivity index (χ0n) is 8.89. The van der Waals surface area contributed by atoms with Crippen molar-refractivity contribution in [2.45, 2.75) is 39.5 Å². The van der Waals surface area contributed by atoms with Crippen molar-refractivity contribution in [3.8, 4) is 0 Å². The summed E-state index contributed by atoms with van der Waals surface area (Å²) in [6.07, 6.45) is -6.89. The molecule has 0 aliphatic rings. The lowest BCUT2D eigenvalue weighted by atomic mass is 9.86. The molecule has 15 heavy (non-hydrogen) atoms. The fourth-order valence-corrected chi connectivity index (χ4v) is 0.921. The highest BCUT2D eigenvalue weighted by Crippen LogP contribution is 2.41. The quantitative estimate of drug-likeness (QED) is 0.747. The van der Waals surface area contributed by atoms with Crippen molar-refractivity contribution in [3.63, 3.8) is 0 Å². The van der Waals surface area contributed by atoms with Crippen LogP contribution in [0, 0.1) is 5.41 Å². The average molecular weight is 228 g/mol. The van der Waals surface area contributed by atoms with Crippen LogP contribution in [0.3, 0.4) is 0 Å². The lowest BCUT2D eigenvalue weighted by Crippen LogP contribution is -2.38. The number of alkyl halides is 3. The number of hydrogen-bond acceptors (Lipinski definition) is 3. The maximum Gasteiger partial charge on any atom is 0.394 e. The summed E-state index contributed by atoms with van der Waals surface area (Å²) in [5.41, 5.74) is -2.11. The molecular weight excluding hydrogens is 213 g/mol. The van der Waals surface area contributed by atoms with Gasteiger partial charge in [-0.05, 0) is 13.3 Å². The van der Waals surface area contributed by atoms with Gasteiger partial charge in [-0.3, -0.25) is 0 Å². The molecule has 0 heterocycles. The van der Waals surface area contributed by atoms with Crippen molar-refractivity contribution in [1.82, 2.24) is 0 Å². The molecule has 0 aromatic carbocycles. The summed E-state index contributed by atoms with van der Waals surface area (Å²) in [6.45, 7) is 3.40. The Morgan fingerprint density at radius 2 is 1.87 bits per heavy atom. The summed E-state index contributed by atoms with van der Waals surface area (Å²) >= 11 is 0. The Bertz CT molecular complexity index is 223. The molecule has 0 saturated carbocycles. The first kappa shape index (κ1) is 14.2. The first-order valence-electron chi connectivity index (χ1n) is 4.53. The van der Waals surface area contributed by atoms with Crippen LogP contribution in [0.1, 0.15) is 27.2 Å². The minimum absolute atomic E-state index is 0.0301. The Morgan fingerprint density at radius 1 is 1.40 bits per heavy atom. The van der Waals surface area contributed by atoms with Gasteiger partial charge < -0.3 is 9.84 Å². The van der Waals surface area contributed by atoms with Crippen LogP contribution >= 0.6 is 0 Å². The minimum atomic E-state index is -4.46. The maximum atomic E-state index is 12.4. The Morgan fingerprint density at radius 3 is 2.20 bits per heavy atom. The first-order valence-corrected chi connectivity index (χ1v) is 4.53. The third kappa shape index (κ3) is 4.07. The molecule has 0 aromatic heterocycles. The predicted octanol–water partition coefficient (Wildman–Crippen LogP) is 1.89. The molecule has 1 N–H and O–H groups in total. The van der Waals surface area contributed by atoms with Crippen molar-refractivity contribution < 1.29 is 27.8 Å². The van der Waals surface area contributed by atoms with Crippen LogP contribution in [0.5, 0.6) is 0 Å². The van der Waals surface area contributed by atoms with Crippen molar-refractivity contribution in [2.24, 2.45) is 5.41 Å². The van der Waals surface area contributed by atoms with Gasteiger partial charge in [0.15, 0.2) is 6.10 Å². The Hall–Kier alpha value is -0.780. The van der Waals surface area contributed by atoms with E-state index < -0.39 is 30.1 Å². The molecule has 3 nitrogen and oxygen atoms in total. The molecule has 0 amide bonds. The molecule has 0 rings (SSSR count). The summed E-state index contributed by atoms with van der Waals surface area (Å²) in [4.78, 5) is 10.9. The highest BCUT2D eigenvalue weighted by atomic mass is 19.4. The normalized spacial score (nSPS) is 14.9. The zero-order chi connectivity index (χ0) is 12.3. The molecule has 0 bridgehead atoms. The van der Waals surface area contributed by atoms with Gasteiger partial charge in [0.05, 0.1) is 12.0 Å². The number of hydrogen-bond donors (Lipinski definition) is 1. The van der Waals surface area contributed by atoms with E-state index in [1.807, 2.05) is 0 Å². The van der Waals surface area contributed by atoms with Gasteiger partial charge in [-0.25, -0.2) is 4.79 Å². The molecule has 0 spiro atoms. The topological polar surface area (TPSA) is 46.5 Å². The SMILES string of the molecule is CCOC(=O)C(O)CC(C)(C)C(F)(F)F. The number of aliphatic hydroxyl groups excluding tert-OH is 1. The van der Waals surface area contributed by atoms with Crippen LogP contribution in [-0.4, -0.2) is 30.0 Å². The van der Waals surface area contributed by atoms with Crippen LogP contribution in [0.15, 0.2) is 0 Å². The Labute approximate surface area is 86.2 Å². The second-order valence-electron chi connectivity index (χ2n) is 3.85. The van der Waals surface area contributed by atoms with Gasteiger partial charge in [0, 0.05) is 0 Å². The van der Waals surface area contributed by atoms with E-state index in [-0.39, 0.29) is 6.61 Å².